The lowest BCUT2D eigenvalue weighted by molar-refractivity contribution is -0.149. The Labute approximate surface area is 252 Å². The summed E-state index contributed by atoms with van der Waals surface area (Å²) in [6, 6.07) is 13.9. The lowest BCUT2D eigenvalue weighted by atomic mass is 9.89. The third-order valence-corrected chi connectivity index (χ3v) is 8.04. The summed E-state index contributed by atoms with van der Waals surface area (Å²) in [5, 5.41) is 6.17. The van der Waals surface area contributed by atoms with Crippen molar-refractivity contribution in [1.29, 1.82) is 0 Å². The van der Waals surface area contributed by atoms with Gasteiger partial charge in [-0.05, 0) is 78.9 Å². The summed E-state index contributed by atoms with van der Waals surface area (Å²) in [5.41, 5.74) is 2.29. The van der Waals surface area contributed by atoms with Gasteiger partial charge >= 0.3 is 6.09 Å². The molecule has 0 spiro atoms. The molecular weight excluding hydrogens is 526 g/mol. The Hall–Kier alpha value is -3.35. The molecule has 3 amide bonds. The number of aryl methyl sites for hydroxylation is 2. The number of carbonyl (C=O) groups excluding carboxylic acids is 3. The van der Waals surface area contributed by atoms with E-state index in [1.54, 1.807) is 25.7 Å². The molecule has 2 atom stereocenters. The first-order chi connectivity index (χ1) is 19.7. The van der Waals surface area contributed by atoms with E-state index in [9.17, 15) is 14.4 Å². The third-order valence-electron chi connectivity index (χ3n) is 8.04. The molecule has 2 unspecified atom stereocenters. The predicted octanol–water partition coefficient (Wildman–Crippen LogP) is 6.95. The molecule has 1 aliphatic rings. The average molecular weight is 578 g/mol. The van der Waals surface area contributed by atoms with Crippen LogP contribution < -0.4 is 10.6 Å². The van der Waals surface area contributed by atoms with Crippen LogP contribution in [0.4, 0.5) is 4.79 Å². The standard InChI is InChI=1S/C35H51N3O4/c1-9-35(7,8)38(32(40)29(23-26-16-12-10-13-17-26)37-33(41)42-34(4,5)6)30(27-21-24(2)20-25(3)22-27)31(39)36-28-18-14-11-15-19-28/h10,12-13,16-17,20-22,28-30H,9,11,14-15,18-19,23H2,1-8H3,(H,36,39)(H,37,41). The van der Waals surface area contributed by atoms with Crippen LogP contribution in [0.2, 0.25) is 0 Å². The molecule has 1 fully saturated rings. The Morgan fingerprint density at radius 3 is 2.07 bits per heavy atom. The summed E-state index contributed by atoms with van der Waals surface area (Å²) in [6.07, 6.45) is 5.43. The first-order valence-electron chi connectivity index (χ1n) is 15.5. The van der Waals surface area contributed by atoms with Crippen molar-refractivity contribution in [2.75, 3.05) is 0 Å². The molecule has 0 heterocycles. The number of ether oxygens (including phenoxy) is 1. The number of amides is 3. The molecule has 0 bridgehead atoms. The summed E-state index contributed by atoms with van der Waals surface area (Å²) in [5.74, 6) is -0.503. The van der Waals surface area contributed by atoms with E-state index >= 15 is 0 Å². The highest BCUT2D eigenvalue weighted by Gasteiger charge is 2.43. The number of nitrogens with zero attached hydrogens (tertiary/aromatic N) is 1. The van der Waals surface area contributed by atoms with Gasteiger partial charge in [-0.2, -0.15) is 0 Å². The fourth-order valence-corrected chi connectivity index (χ4v) is 5.73. The SMILES string of the molecule is CCC(C)(C)N(C(=O)C(Cc1ccccc1)NC(=O)OC(C)(C)C)C(C(=O)NC1CCCCC1)c1cc(C)cc(C)c1. The number of nitrogens with one attached hydrogen (secondary N) is 2. The summed E-state index contributed by atoms with van der Waals surface area (Å²) in [6.45, 7) is 15.4. The van der Waals surface area contributed by atoms with Crippen LogP contribution in [0.5, 0.6) is 0 Å². The molecule has 0 aromatic heterocycles. The van der Waals surface area contributed by atoms with Crippen molar-refractivity contribution in [3.05, 3.63) is 70.8 Å². The van der Waals surface area contributed by atoms with E-state index in [1.165, 1.54) is 6.42 Å². The minimum Gasteiger partial charge on any atom is -0.444 e. The second kappa shape index (κ2) is 14.2. The maximum absolute atomic E-state index is 14.8. The Kier molecular flexibility index (Phi) is 11.2. The molecule has 2 aromatic carbocycles. The van der Waals surface area contributed by atoms with Gasteiger partial charge in [-0.1, -0.05) is 85.8 Å². The third kappa shape index (κ3) is 9.33. The Morgan fingerprint density at radius 1 is 0.929 bits per heavy atom. The van der Waals surface area contributed by atoms with Crippen molar-refractivity contribution in [3.63, 3.8) is 0 Å². The van der Waals surface area contributed by atoms with Gasteiger partial charge in [0.05, 0.1) is 0 Å². The van der Waals surface area contributed by atoms with E-state index in [0.29, 0.717) is 6.42 Å². The molecular formula is C35H51N3O4. The monoisotopic (exact) mass is 577 g/mol. The highest BCUT2D eigenvalue weighted by molar-refractivity contribution is 5.93. The van der Waals surface area contributed by atoms with E-state index in [4.69, 9.17) is 4.74 Å². The van der Waals surface area contributed by atoms with E-state index in [1.807, 2.05) is 77.1 Å². The Morgan fingerprint density at radius 2 is 1.52 bits per heavy atom. The van der Waals surface area contributed by atoms with E-state index in [0.717, 1.165) is 47.9 Å². The molecule has 0 aliphatic heterocycles. The van der Waals surface area contributed by atoms with Crippen LogP contribution >= 0.6 is 0 Å². The summed E-state index contributed by atoms with van der Waals surface area (Å²) >= 11 is 0. The topological polar surface area (TPSA) is 87.7 Å². The molecule has 0 saturated heterocycles. The minimum absolute atomic E-state index is 0.0846. The van der Waals surface area contributed by atoms with Gasteiger partial charge in [-0.3, -0.25) is 9.59 Å². The second-order valence-electron chi connectivity index (χ2n) is 13.4. The van der Waals surface area contributed by atoms with Crippen molar-refractivity contribution in [3.8, 4) is 0 Å². The zero-order chi connectivity index (χ0) is 31.1. The maximum atomic E-state index is 14.8. The molecule has 0 radical (unpaired) electrons. The highest BCUT2D eigenvalue weighted by Crippen LogP contribution is 2.34. The molecule has 3 rings (SSSR count). The fourth-order valence-electron chi connectivity index (χ4n) is 5.73. The minimum atomic E-state index is -0.941. The smallest absolute Gasteiger partial charge is 0.408 e. The summed E-state index contributed by atoms with van der Waals surface area (Å²) in [7, 11) is 0. The van der Waals surface area contributed by atoms with Gasteiger partial charge in [0.1, 0.15) is 17.7 Å². The van der Waals surface area contributed by atoms with Gasteiger partial charge in [0.15, 0.2) is 0 Å². The van der Waals surface area contributed by atoms with Crippen LogP contribution in [0, 0.1) is 13.8 Å². The first kappa shape index (κ1) is 33.2. The van der Waals surface area contributed by atoms with Gasteiger partial charge < -0.3 is 20.3 Å². The van der Waals surface area contributed by atoms with Gasteiger partial charge in [0, 0.05) is 18.0 Å². The summed E-state index contributed by atoms with van der Waals surface area (Å²) < 4.78 is 5.57. The zero-order valence-electron chi connectivity index (χ0n) is 26.9. The van der Waals surface area contributed by atoms with Crippen LogP contribution in [-0.4, -0.2) is 46.0 Å². The number of alkyl carbamates (subject to hydrolysis) is 1. The first-order valence-corrected chi connectivity index (χ1v) is 15.5. The van der Waals surface area contributed by atoms with Crippen LogP contribution in [0.25, 0.3) is 0 Å². The largest absolute Gasteiger partial charge is 0.444 e. The van der Waals surface area contributed by atoms with E-state index < -0.39 is 29.3 Å². The quantitative estimate of drug-likeness (QED) is 0.320. The molecule has 1 saturated carbocycles. The number of benzene rings is 2. The number of hydrogen-bond donors (Lipinski definition) is 2. The van der Waals surface area contributed by atoms with Gasteiger partial charge in [0.25, 0.3) is 0 Å². The molecule has 2 aromatic rings. The van der Waals surface area contributed by atoms with Crippen molar-refractivity contribution in [2.24, 2.45) is 0 Å². The van der Waals surface area contributed by atoms with Crippen molar-refractivity contribution >= 4 is 17.9 Å². The average Bonchev–Trinajstić information content (AvgIpc) is 2.90. The lowest BCUT2D eigenvalue weighted by Crippen LogP contribution is -2.60. The highest BCUT2D eigenvalue weighted by atomic mass is 16.6. The van der Waals surface area contributed by atoms with Gasteiger partial charge in [-0.25, -0.2) is 4.79 Å². The molecule has 7 heteroatoms. The molecule has 2 N–H and O–H groups in total. The van der Waals surface area contributed by atoms with Crippen molar-refractivity contribution in [2.45, 2.75) is 130 Å². The predicted molar refractivity (Wildman–Crippen MR) is 168 cm³/mol. The lowest BCUT2D eigenvalue weighted by Gasteiger charge is -2.45. The number of hydrogen-bond acceptors (Lipinski definition) is 4. The van der Waals surface area contributed by atoms with E-state index in [2.05, 4.69) is 16.7 Å². The number of carbonyl (C=O) groups is 3. The van der Waals surface area contributed by atoms with Crippen molar-refractivity contribution in [1.82, 2.24) is 15.5 Å². The fraction of sp³-hybridized carbons (Fsp3) is 0.571. The van der Waals surface area contributed by atoms with Crippen LogP contribution in [-0.2, 0) is 20.7 Å². The number of rotatable bonds is 10. The normalized spacial score (nSPS) is 15.8. The maximum Gasteiger partial charge on any atom is 0.408 e. The molecule has 1 aliphatic carbocycles. The van der Waals surface area contributed by atoms with Crippen LogP contribution in [0.15, 0.2) is 48.5 Å². The van der Waals surface area contributed by atoms with Gasteiger partial charge in [-0.15, -0.1) is 0 Å². The zero-order valence-corrected chi connectivity index (χ0v) is 26.9. The van der Waals surface area contributed by atoms with E-state index in [-0.39, 0.29) is 24.3 Å². The molecule has 230 valence electrons. The Balaban J connectivity index is 2.11. The van der Waals surface area contributed by atoms with Crippen molar-refractivity contribution < 1.29 is 19.1 Å². The van der Waals surface area contributed by atoms with Crippen LogP contribution in [0.3, 0.4) is 0 Å². The Bertz CT molecular complexity index is 1190. The van der Waals surface area contributed by atoms with Crippen LogP contribution in [0.1, 0.15) is 108 Å². The molecule has 42 heavy (non-hydrogen) atoms. The molecule has 7 nitrogen and oxygen atoms in total. The summed E-state index contributed by atoms with van der Waals surface area (Å²) in [4.78, 5) is 43.9. The van der Waals surface area contributed by atoms with Gasteiger partial charge in [0.2, 0.25) is 11.8 Å². The second-order valence-corrected chi connectivity index (χ2v) is 13.4.